The van der Waals surface area contributed by atoms with Crippen LogP contribution in [-0.4, -0.2) is 49.9 Å². The lowest BCUT2D eigenvalue weighted by atomic mass is 10.1. The highest BCUT2D eigenvalue weighted by Crippen LogP contribution is 2.24. The van der Waals surface area contributed by atoms with Crippen LogP contribution in [0.5, 0.6) is 0 Å². The number of piperidine rings is 1. The smallest absolute Gasteiger partial charge is 0.407 e. The summed E-state index contributed by atoms with van der Waals surface area (Å²) in [6.45, 7) is 13.8. The zero-order valence-corrected chi connectivity index (χ0v) is 22.7. The van der Waals surface area contributed by atoms with Crippen LogP contribution in [0.15, 0.2) is 46.8 Å². The SMILES string of the molecule is CC(C)=CCn1c(N2CCCC(NC(=O)OC(C)(C)C)C2)nc2nc(C)n(Cc3ccccc3)c(=O)c21. The van der Waals surface area contributed by atoms with E-state index in [1.54, 1.807) is 4.57 Å². The average Bonchev–Trinajstić information content (AvgIpc) is 3.18. The second-order valence-electron chi connectivity index (χ2n) is 10.9. The van der Waals surface area contributed by atoms with Crippen LogP contribution in [0.25, 0.3) is 11.2 Å². The van der Waals surface area contributed by atoms with Gasteiger partial charge in [0.2, 0.25) is 5.95 Å². The number of aromatic nitrogens is 4. The van der Waals surface area contributed by atoms with Crippen molar-refractivity contribution < 1.29 is 9.53 Å². The highest BCUT2D eigenvalue weighted by Gasteiger charge is 2.28. The Morgan fingerprint density at radius 3 is 2.57 bits per heavy atom. The Labute approximate surface area is 218 Å². The number of hydrogen-bond acceptors (Lipinski definition) is 6. The molecule has 1 atom stereocenters. The Morgan fingerprint density at radius 2 is 1.89 bits per heavy atom. The summed E-state index contributed by atoms with van der Waals surface area (Å²) in [4.78, 5) is 37.9. The monoisotopic (exact) mass is 506 g/mol. The number of nitrogens with one attached hydrogen (secondary N) is 1. The Bertz CT molecular complexity index is 1350. The second-order valence-corrected chi connectivity index (χ2v) is 10.9. The van der Waals surface area contributed by atoms with Crippen LogP contribution in [0.4, 0.5) is 10.7 Å². The average molecular weight is 507 g/mol. The zero-order valence-electron chi connectivity index (χ0n) is 22.7. The lowest BCUT2D eigenvalue weighted by molar-refractivity contribution is 0.0499. The minimum absolute atomic E-state index is 0.0789. The third-order valence-electron chi connectivity index (χ3n) is 6.33. The van der Waals surface area contributed by atoms with Crippen LogP contribution in [0.3, 0.4) is 0 Å². The molecule has 9 nitrogen and oxygen atoms in total. The van der Waals surface area contributed by atoms with Crippen molar-refractivity contribution in [3.05, 3.63) is 63.7 Å². The zero-order chi connectivity index (χ0) is 26.7. The molecule has 1 aliphatic heterocycles. The van der Waals surface area contributed by atoms with Gasteiger partial charge in [-0.25, -0.2) is 9.78 Å². The fourth-order valence-corrected chi connectivity index (χ4v) is 4.60. The molecule has 2 aromatic heterocycles. The number of ether oxygens (including phenoxy) is 1. The Balaban J connectivity index is 1.71. The van der Waals surface area contributed by atoms with E-state index >= 15 is 0 Å². The third-order valence-corrected chi connectivity index (χ3v) is 6.33. The molecule has 1 aromatic carbocycles. The highest BCUT2D eigenvalue weighted by atomic mass is 16.6. The summed E-state index contributed by atoms with van der Waals surface area (Å²) < 4.78 is 9.14. The summed E-state index contributed by atoms with van der Waals surface area (Å²) in [5, 5.41) is 3.00. The van der Waals surface area contributed by atoms with Gasteiger partial charge < -0.3 is 19.5 Å². The first kappa shape index (κ1) is 26.4. The van der Waals surface area contributed by atoms with Crippen molar-refractivity contribution in [2.24, 2.45) is 0 Å². The molecule has 0 spiro atoms. The number of alkyl carbamates (subject to hydrolysis) is 1. The van der Waals surface area contributed by atoms with Gasteiger partial charge in [-0.2, -0.15) is 4.98 Å². The maximum Gasteiger partial charge on any atom is 0.407 e. The topological polar surface area (TPSA) is 94.3 Å². The largest absolute Gasteiger partial charge is 0.444 e. The van der Waals surface area contributed by atoms with Gasteiger partial charge in [0.05, 0.1) is 6.54 Å². The third kappa shape index (κ3) is 6.39. The van der Waals surface area contributed by atoms with Gasteiger partial charge in [0.25, 0.3) is 5.56 Å². The number of nitrogens with zero attached hydrogens (tertiary/aromatic N) is 5. The van der Waals surface area contributed by atoms with Crippen LogP contribution in [0.1, 0.15) is 58.8 Å². The fourth-order valence-electron chi connectivity index (χ4n) is 4.60. The first-order chi connectivity index (χ1) is 17.5. The number of fused-ring (bicyclic) bond motifs is 1. The van der Waals surface area contributed by atoms with Crippen LogP contribution in [-0.2, 0) is 17.8 Å². The predicted octanol–water partition coefficient (Wildman–Crippen LogP) is 4.41. The maximum atomic E-state index is 13.8. The molecule has 9 heteroatoms. The van der Waals surface area contributed by atoms with Crippen LogP contribution < -0.4 is 15.8 Å². The summed E-state index contributed by atoms with van der Waals surface area (Å²) in [6.07, 6.45) is 3.41. The van der Waals surface area contributed by atoms with E-state index in [1.807, 2.05) is 76.4 Å². The Hall–Kier alpha value is -3.62. The molecule has 3 aromatic rings. The summed E-state index contributed by atoms with van der Waals surface area (Å²) in [7, 11) is 0. The predicted molar refractivity (Wildman–Crippen MR) is 146 cm³/mol. The molecular formula is C28H38N6O3. The molecule has 1 aliphatic rings. The van der Waals surface area contributed by atoms with Crippen molar-refractivity contribution in [1.29, 1.82) is 0 Å². The van der Waals surface area contributed by atoms with E-state index in [0.29, 0.717) is 42.6 Å². The van der Waals surface area contributed by atoms with E-state index in [1.165, 1.54) is 0 Å². The van der Waals surface area contributed by atoms with Gasteiger partial charge in [0, 0.05) is 25.7 Å². The lowest BCUT2D eigenvalue weighted by Gasteiger charge is -2.34. The van der Waals surface area contributed by atoms with Crippen molar-refractivity contribution in [1.82, 2.24) is 24.4 Å². The molecule has 1 N–H and O–H groups in total. The van der Waals surface area contributed by atoms with E-state index in [4.69, 9.17) is 14.7 Å². The molecule has 3 heterocycles. The van der Waals surface area contributed by atoms with Crippen molar-refractivity contribution in [2.75, 3.05) is 18.0 Å². The molecule has 0 radical (unpaired) electrons. The quantitative estimate of drug-likeness (QED) is 0.498. The van der Waals surface area contributed by atoms with E-state index in [-0.39, 0.29) is 11.6 Å². The van der Waals surface area contributed by atoms with Gasteiger partial charge >= 0.3 is 6.09 Å². The minimum atomic E-state index is -0.556. The number of carbonyl (C=O) groups excluding carboxylic acids is 1. The van der Waals surface area contributed by atoms with Gasteiger partial charge in [0.1, 0.15) is 11.4 Å². The molecule has 0 saturated carbocycles. The first-order valence-corrected chi connectivity index (χ1v) is 12.9. The normalized spacial score (nSPS) is 16.1. The van der Waals surface area contributed by atoms with Crippen molar-refractivity contribution in [3.63, 3.8) is 0 Å². The number of allylic oxidation sites excluding steroid dienone is 2. The summed E-state index contributed by atoms with van der Waals surface area (Å²) in [5.41, 5.74) is 2.48. The van der Waals surface area contributed by atoms with Crippen molar-refractivity contribution >= 4 is 23.2 Å². The molecular weight excluding hydrogens is 468 g/mol. The molecule has 1 amide bonds. The van der Waals surface area contributed by atoms with Gasteiger partial charge in [0.15, 0.2) is 11.2 Å². The summed E-state index contributed by atoms with van der Waals surface area (Å²) >= 11 is 0. The standard InChI is InChI=1S/C28H38N6O3/c1-19(2)14-16-33-23-24(29-20(3)34(25(23)35)17-21-11-8-7-9-12-21)31-26(33)32-15-10-13-22(18-32)30-27(36)37-28(4,5)6/h7-9,11-12,14,22H,10,13,15-18H2,1-6H3,(H,30,36). The number of aryl methyl sites for hydroxylation is 1. The van der Waals surface area contributed by atoms with E-state index in [9.17, 15) is 9.59 Å². The molecule has 37 heavy (non-hydrogen) atoms. The Morgan fingerprint density at radius 1 is 1.16 bits per heavy atom. The van der Waals surface area contributed by atoms with E-state index in [0.717, 1.165) is 30.5 Å². The van der Waals surface area contributed by atoms with Crippen LogP contribution in [0, 0.1) is 6.92 Å². The van der Waals surface area contributed by atoms with Gasteiger partial charge in [-0.1, -0.05) is 42.0 Å². The number of imidazole rings is 1. The minimum Gasteiger partial charge on any atom is -0.444 e. The number of benzene rings is 1. The van der Waals surface area contributed by atoms with Crippen molar-refractivity contribution in [3.8, 4) is 0 Å². The number of anilines is 1. The first-order valence-electron chi connectivity index (χ1n) is 12.9. The van der Waals surface area contributed by atoms with Crippen LogP contribution >= 0.6 is 0 Å². The molecule has 1 fully saturated rings. The van der Waals surface area contributed by atoms with Gasteiger partial charge in [-0.3, -0.25) is 9.36 Å². The van der Waals surface area contributed by atoms with Crippen molar-refractivity contribution in [2.45, 2.75) is 79.1 Å². The second kappa shape index (κ2) is 10.8. The number of amides is 1. The van der Waals surface area contributed by atoms with Gasteiger partial charge in [-0.15, -0.1) is 0 Å². The van der Waals surface area contributed by atoms with Crippen LogP contribution in [0.2, 0.25) is 0 Å². The van der Waals surface area contributed by atoms with E-state index < -0.39 is 11.7 Å². The number of rotatable bonds is 6. The maximum absolute atomic E-state index is 13.8. The number of carbonyl (C=O) groups is 1. The lowest BCUT2D eigenvalue weighted by Crippen LogP contribution is -2.49. The highest BCUT2D eigenvalue weighted by molar-refractivity contribution is 5.74. The molecule has 198 valence electrons. The Kier molecular flexibility index (Phi) is 7.71. The molecule has 1 unspecified atom stereocenters. The molecule has 4 rings (SSSR count). The summed E-state index contributed by atoms with van der Waals surface area (Å²) in [6, 6.07) is 9.84. The molecule has 0 bridgehead atoms. The fraction of sp³-hybridized carbons (Fsp3) is 0.500. The summed E-state index contributed by atoms with van der Waals surface area (Å²) in [5.74, 6) is 1.33. The molecule has 1 saturated heterocycles. The van der Waals surface area contributed by atoms with Gasteiger partial charge in [-0.05, 0) is 59.9 Å². The number of hydrogen-bond donors (Lipinski definition) is 1. The molecule has 0 aliphatic carbocycles. The van der Waals surface area contributed by atoms with E-state index in [2.05, 4.69) is 16.3 Å².